The highest BCUT2D eigenvalue weighted by Crippen LogP contribution is 2.08. The Kier molecular flexibility index (Phi) is 3.05. The Hall–Kier alpha value is -0.610. The molecule has 12 heavy (non-hydrogen) atoms. The fourth-order valence-electron chi connectivity index (χ4n) is 1.84. The zero-order chi connectivity index (χ0) is 9.03. The van der Waals surface area contributed by atoms with Crippen molar-refractivity contribution in [2.24, 2.45) is 5.73 Å². The second kappa shape index (κ2) is 3.87. The first-order valence-corrected chi connectivity index (χ1v) is 4.63. The third-order valence-corrected chi connectivity index (χ3v) is 2.60. The average molecular weight is 171 g/mol. The number of nitrogens with zero attached hydrogens (tertiary/aromatic N) is 1. The summed E-state index contributed by atoms with van der Waals surface area (Å²) >= 11 is 0. The number of piperazine rings is 1. The molecule has 0 saturated carbocycles. The number of hydrogen-bond donors (Lipinski definition) is 3. The summed E-state index contributed by atoms with van der Waals surface area (Å²) in [6.45, 7) is 7.08. The summed E-state index contributed by atoms with van der Waals surface area (Å²) in [4.78, 5) is 0. The van der Waals surface area contributed by atoms with Crippen LogP contribution in [0.5, 0.6) is 0 Å². The maximum atomic E-state index is 7.56. The number of nitrogens with one attached hydrogen (secondary N) is 2. The van der Waals surface area contributed by atoms with Crippen molar-refractivity contribution in [1.82, 2.24) is 5.32 Å². The molecule has 0 spiro atoms. The van der Waals surface area contributed by atoms with Gasteiger partial charge < -0.3 is 11.1 Å². The number of rotatable bonds is 2. The first-order valence-electron chi connectivity index (χ1n) is 4.63. The van der Waals surface area contributed by atoms with Crippen molar-refractivity contribution in [1.29, 1.82) is 5.41 Å². The third kappa shape index (κ3) is 1.76. The average Bonchev–Trinajstić information content (AvgIpc) is 2.06. The molecular weight excluding hydrogens is 152 g/mol. The van der Waals surface area contributed by atoms with Crippen molar-refractivity contribution < 1.29 is 4.48 Å². The number of hydrogen-bond acceptors (Lipinski definition) is 2. The molecule has 0 atom stereocenters. The normalized spacial score (nSPS) is 22.1. The van der Waals surface area contributed by atoms with Gasteiger partial charge in [-0.25, -0.2) is 5.41 Å². The molecule has 0 aliphatic carbocycles. The van der Waals surface area contributed by atoms with Crippen molar-refractivity contribution in [2.45, 2.75) is 13.3 Å². The van der Waals surface area contributed by atoms with E-state index in [9.17, 15) is 0 Å². The highest BCUT2D eigenvalue weighted by atomic mass is 15.4. The smallest absolute Gasteiger partial charge is 0.292 e. The number of quaternary nitrogens is 1. The predicted octanol–water partition coefficient (Wildman–Crippen LogP) is -0.290. The second-order valence-electron chi connectivity index (χ2n) is 3.45. The summed E-state index contributed by atoms with van der Waals surface area (Å²) in [6.07, 6.45) is 1.10. The summed E-state index contributed by atoms with van der Waals surface area (Å²) in [6, 6.07) is 0. The molecule has 0 aromatic carbocycles. The lowest BCUT2D eigenvalue weighted by molar-refractivity contribution is -0.845. The van der Waals surface area contributed by atoms with Gasteiger partial charge in [0.2, 0.25) is 0 Å². The van der Waals surface area contributed by atoms with Gasteiger partial charge in [0.15, 0.2) is 0 Å². The quantitative estimate of drug-likeness (QED) is 0.304. The van der Waals surface area contributed by atoms with Crippen LogP contribution >= 0.6 is 0 Å². The summed E-state index contributed by atoms with van der Waals surface area (Å²) in [5.74, 6) is 0.332. The van der Waals surface area contributed by atoms with E-state index in [-0.39, 0.29) is 0 Å². The molecule has 4 N–H and O–H groups in total. The monoisotopic (exact) mass is 171 g/mol. The van der Waals surface area contributed by atoms with Gasteiger partial charge in [-0.05, 0) is 6.42 Å². The van der Waals surface area contributed by atoms with E-state index in [1.165, 1.54) is 0 Å². The Morgan fingerprint density at radius 3 is 2.50 bits per heavy atom. The van der Waals surface area contributed by atoms with E-state index in [1.54, 1.807) is 0 Å². The molecule has 0 bridgehead atoms. The van der Waals surface area contributed by atoms with Gasteiger partial charge in [-0.2, -0.15) is 0 Å². The molecule has 0 amide bonds. The first kappa shape index (κ1) is 9.48. The first-order chi connectivity index (χ1) is 5.71. The standard InChI is InChI=1S/C8H19N4/c1-2-5-12(8(9)10)6-3-11-4-7-12/h11H,2-7H2,1H3,(H3,9,10)/q+1. The molecule has 0 radical (unpaired) electrons. The van der Waals surface area contributed by atoms with Crippen LogP contribution in [0.15, 0.2) is 0 Å². The topological polar surface area (TPSA) is 61.9 Å². The van der Waals surface area contributed by atoms with Gasteiger partial charge in [-0.3, -0.25) is 4.48 Å². The number of guanidine groups is 1. The zero-order valence-electron chi connectivity index (χ0n) is 7.77. The Morgan fingerprint density at radius 2 is 2.08 bits per heavy atom. The fraction of sp³-hybridized carbons (Fsp3) is 0.875. The van der Waals surface area contributed by atoms with Crippen molar-refractivity contribution in [3.05, 3.63) is 0 Å². The lowest BCUT2D eigenvalue weighted by atomic mass is 10.2. The second-order valence-corrected chi connectivity index (χ2v) is 3.45. The molecule has 1 saturated heterocycles. The molecule has 1 fully saturated rings. The molecule has 1 heterocycles. The van der Waals surface area contributed by atoms with E-state index < -0.39 is 0 Å². The van der Waals surface area contributed by atoms with Crippen molar-refractivity contribution in [2.75, 3.05) is 32.7 Å². The Bertz CT molecular complexity index is 155. The zero-order valence-corrected chi connectivity index (χ0v) is 7.77. The molecule has 0 aromatic rings. The summed E-state index contributed by atoms with van der Waals surface area (Å²) < 4.78 is 0.698. The molecule has 0 unspecified atom stereocenters. The molecular formula is C8H19N4+. The van der Waals surface area contributed by atoms with Crippen molar-refractivity contribution >= 4 is 5.96 Å². The maximum absolute atomic E-state index is 7.56. The molecule has 1 rings (SSSR count). The van der Waals surface area contributed by atoms with Gasteiger partial charge in [0.05, 0.1) is 19.6 Å². The van der Waals surface area contributed by atoms with E-state index in [0.29, 0.717) is 10.4 Å². The lowest BCUT2D eigenvalue weighted by Gasteiger charge is -2.39. The van der Waals surface area contributed by atoms with Crippen LogP contribution in [0, 0.1) is 5.41 Å². The largest absolute Gasteiger partial charge is 0.338 e. The van der Waals surface area contributed by atoms with E-state index >= 15 is 0 Å². The Morgan fingerprint density at radius 1 is 1.50 bits per heavy atom. The maximum Gasteiger partial charge on any atom is 0.292 e. The molecule has 0 aromatic heterocycles. The van der Waals surface area contributed by atoms with Crippen LogP contribution in [-0.2, 0) is 0 Å². The molecule has 1 aliphatic rings. The van der Waals surface area contributed by atoms with Gasteiger partial charge in [0.25, 0.3) is 5.96 Å². The van der Waals surface area contributed by atoms with Crippen LogP contribution in [0.1, 0.15) is 13.3 Å². The van der Waals surface area contributed by atoms with Gasteiger partial charge in [0.1, 0.15) is 0 Å². The minimum absolute atomic E-state index is 0.332. The van der Waals surface area contributed by atoms with Crippen LogP contribution in [-0.4, -0.2) is 43.2 Å². The van der Waals surface area contributed by atoms with Crippen molar-refractivity contribution in [3.8, 4) is 0 Å². The SMILES string of the molecule is CCC[N+]1(C(=N)N)CCNCC1. The van der Waals surface area contributed by atoms with Crippen LogP contribution in [0.4, 0.5) is 0 Å². The van der Waals surface area contributed by atoms with Gasteiger partial charge >= 0.3 is 0 Å². The molecule has 70 valence electrons. The van der Waals surface area contributed by atoms with E-state index in [0.717, 1.165) is 39.1 Å². The Labute approximate surface area is 73.8 Å². The van der Waals surface area contributed by atoms with Gasteiger partial charge in [-0.15, -0.1) is 0 Å². The number of nitrogens with two attached hydrogens (primary N) is 1. The fourth-order valence-corrected chi connectivity index (χ4v) is 1.84. The van der Waals surface area contributed by atoms with Crippen molar-refractivity contribution in [3.63, 3.8) is 0 Å². The van der Waals surface area contributed by atoms with E-state index in [4.69, 9.17) is 11.1 Å². The highest BCUT2D eigenvalue weighted by Gasteiger charge is 2.32. The van der Waals surface area contributed by atoms with Gasteiger partial charge in [-0.1, -0.05) is 6.92 Å². The van der Waals surface area contributed by atoms with E-state index in [1.807, 2.05) is 0 Å². The molecule has 4 heteroatoms. The highest BCUT2D eigenvalue weighted by molar-refractivity contribution is 5.67. The van der Waals surface area contributed by atoms with Crippen LogP contribution in [0.2, 0.25) is 0 Å². The molecule has 1 aliphatic heterocycles. The summed E-state index contributed by atoms with van der Waals surface area (Å²) in [7, 11) is 0. The molecule has 4 nitrogen and oxygen atoms in total. The minimum Gasteiger partial charge on any atom is -0.338 e. The lowest BCUT2D eigenvalue weighted by Crippen LogP contribution is -2.64. The predicted molar refractivity (Wildman–Crippen MR) is 49.9 cm³/mol. The van der Waals surface area contributed by atoms with Crippen LogP contribution in [0.25, 0.3) is 0 Å². The summed E-state index contributed by atoms with van der Waals surface area (Å²) in [5, 5.41) is 10.8. The van der Waals surface area contributed by atoms with Crippen LogP contribution in [0.3, 0.4) is 0 Å². The third-order valence-electron chi connectivity index (χ3n) is 2.60. The Balaban J connectivity index is 2.63. The minimum atomic E-state index is 0.332. The summed E-state index contributed by atoms with van der Waals surface area (Å²) in [5.41, 5.74) is 5.62. The van der Waals surface area contributed by atoms with E-state index in [2.05, 4.69) is 12.2 Å². The van der Waals surface area contributed by atoms with Crippen LogP contribution < -0.4 is 11.1 Å². The van der Waals surface area contributed by atoms with Gasteiger partial charge in [0, 0.05) is 13.1 Å².